The van der Waals surface area contributed by atoms with Crippen molar-refractivity contribution < 1.29 is 32.9 Å². The highest BCUT2D eigenvalue weighted by molar-refractivity contribution is 5.82. The van der Waals surface area contributed by atoms with Crippen LogP contribution < -0.4 is 19.9 Å². The maximum absolute atomic E-state index is 13.2. The molecule has 2 aromatic rings. The Bertz CT molecular complexity index is 1050. The zero-order valence-corrected chi connectivity index (χ0v) is 19.0. The zero-order chi connectivity index (χ0) is 24.7. The van der Waals surface area contributed by atoms with Crippen molar-refractivity contribution >= 4 is 23.0 Å². The predicted octanol–water partition coefficient (Wildman–Crippen LogP) is 2.92. The molecule has 4 rings (SSSR count). The lowest BCUT2D eigenvalue weighted by Crippen LogP contribution is -2.54. The van der Waals surface area contributed by atoms with Crippen LogP contribution in [0.4, 0.5) is 30.2 Å². The van der Waals surface area contributed by atoms with Gasteiger partial charge in [0.05, 0.1) is 36.4 Å². The Morgan fingerprint density at radius 3 is 2.59 bits per heavy atom. The van der Waals surface area contributed by atoms with Gasteiger partial charge in [-0.3, -0.25) is 4.79 Å². The number of nitrogens with one attached hydrogen (secondary N) is 1. The molecule has 1 unspecified atom stereocenters. The first-order valence-corrected chi connectivity index (χ1v) is 11.1. The predicted molar refractivity (Wildman–Crippen MR) is 121 cm³/mol. The Morgan fingerprint density at radius 1 is 1.21 bits per heavy atom. The zero-order valence-electron chi connectivity index (χ0n) is 19.0. The van der Waals surface area contributed by atoms with Gasteiger partial charge >= 0.3 is 6.18 Å². The molecule has 0 saturated carbocycles. The number of hydrogen-bond donors (Lipinski definition) is 3. The normalized spacial score (nSPS) is 18.6. The second-order valence-electron chi connectivity index (χ2n) is 9.33. The van der Waals surface area contributed by atoms with Gasteiger partial charge < -0.3 is 30.1 Å². The number of hydrogen-bond acceptors (Lipinski definition) is 6. The van der Waals surface area contributed by atoms with Crippen LogP contribution in [0.1, 0.15) is 19.4 Å². The summed E-state index contributed by atoms with van der Waals surface area (Å²) in [5.74, 6) is -0.218. The van der Waals surface area contributed by atoms with Gasteiger partial charge in [-0.05, 0) is 50.2 Å². The molecule has 34 heavy (non-hydrogen) atoms. The summed E-state index contributed by atoms with van der Waals surface area (Å²) in [6, 6.07) is 11.2. The van der Waals surface area contributed by atoms with Gasteiger partial charge in [0.15, 0.2) is 0 Å². The van der Waals surface area contributed by atoms with E-state index < -0.39 is 30.1 Å². The molecule has 10 heteroatoms. The molecule has 2 heterocycles. The number of carbonyl (C=O) groups excluding carboxylic acids is 1. The van der Waals surface area contributed by atoms with Gasteiger partial charge in [0.25, 0.3) is 0 Å². The fraction of sp³-hybridized carbons (Fsp3) is 0.458. The molecule has 0 radical (unpaired) electrons. The number of benzene rings is 2. The topological polar surface area (TPSA) is 85.3 Å². The molecule has 2 aliphatic heterocycles. The fourth-order valence-electron chi connectivity index (χ4n) is 4.16. The minimum Gasteiger partial charge on any atom is -0.484 e. The summed E-state index contributed by atoms with van der Waals surface area (Å²) in [7, 11) is 0. The van der Waals surface area contributed by atoms with Crippen molar-refractivity contribution in [2.75, 3.05) is 42.6 Å². The number of anilines is 3. The van der Waals surface area contributed by atoms with Crippen LogP contribution in [0.25, 0.3) is 0 Å². The van der Waals surface area contributed by atoms with Crippen molar-refractivity contribution in [3.63, 3.8) is 0 Å². The molecule has 0 aliphatic carbocycles. The molecule has 184 valence electrons. The average molecular weight is 479 g/mol. The first-order chi connectivity index (χ1) is 16.0. The van der Waals surface area contributed by atoms with E-state index in [-0.39, 0.29) is 24.1 Å². The summed E-state index contributed by atoms with van der Waals surface area (Å²) in [5.41, 5.74) is 0.817. The maximum Gasteiger partial charge on any atom is 0.416 e. The monoisotopic (exact) mass is 479 g/mol. The second-order valence-corrected chi connectivity index (χ2v) is 9.33. The third-order valence-corrected chi connectivity index (χ3v) is 5.98. The van der Waals surface area contributed by atoms with Gasteiger partial charge in [-0.15, -0.1) is 0 Å². The molecule has 0 spiro atoms. The summed E-state index contributed by atoms with van der Waals surface area (Å²) in [5, 5.41) is 20.9. The van der Waals surface area contributed by atoms with Crippen molar-refractivity contribution in [3.05, 3.63) is 48.0 Å². The number of fused-ring (bicyclic) bond motifs is 1. The van der Waals surface area contributed by atoms with Crippen molar-refractivity contribution in [3.8, 4) is 5.75 Å². The van der Waals surface area contributed by atoms with E-state index in [0.29, 0.717) is 25.3 Å². The number of aliphatic hydroxyl groups excluding tert-OH is 2. The number of nitrogens with zero attached hydrogens (tertiary/aromatic N) is 2. The van der Waals surface area contributed by atoms with E-state index in [1.165, 1.54) is 6.07 Å². The minimum atomic E-state index is -4.46. The molecular formula is C24H28F3N3O4. The number of amides is 1. The van der Waals surface area contributed by atoms with Crippen LogP contribution in [0.5, 0.6) is 5.75 Å². The Balaban J connectivity index is 1.51. The largest absolute Gasteiger partial charge is 0.484 e. The number of halogens is 3. The molecule has 1 amide bonds. The standard InChI is InChI=1S/C24H28F3N3O4/c1-23(2)14-30(20-7-6-16(24(25,26)27)8-21(20)34-23)18-5-3-4-17(9-18)29-11-15(12-29)22(33)28-10-19(32)13-31/h3-9,15,19,31-32H,10-14H2,1-2H3,(H,28,33). The fourth-order valence-corrected chi connectivity index (χ4v) is 4.16. The van der Waals surface area contributed by atoms with Crippen LogP contribution in [0.15, 0.2) is 42.5 Å². The summed E-state index contributed by atoms with van der Waals surface area (Å²) in [6.45, 7) is 4.72. The number of ether oxygens (including phenoxy) is 1. The average Bonchev–Trinajstić information content (AvgIpc) is 2.74. The van der Waals surface area contributed by atoms with E-state index in [0.717, 1.165) is 23.5 Å². The molecule has 2 aliphatic rings. The molecule has 2 aromatic carbocycles. The molecular weight excluding hydrogens is 451 g/mol. The first-order valence-electron chi connectivity index (χ1n) is 11.1. The summed E-state index contributed by atoms with van der Waals surface area (Å²) >= 11 is 0. The number of rotatable bonds is 6. The molecule has 0 bridgehead atoms. The Morgan fingerprint density at radius 2 is 1.91 bits per heavy atom. The first kappa shape index (κ1) is 24.2. The minimum absolute atomic E-state index is 0.00357. The second kappa shape index (κ2) is 8.99. The molecule has 1 saturated heterocycles. The lowest BCUT2D eigenvalue weighted by atomic mass is 9.97. The summed E-state index contributed by atoms with van der Waals surface area (Å²) in [4.78, 5) is 16.2. The number of carbonyl (C=O) groups is 1. The highest BCUT2D eigenvalue weighted by atomic mass is 19.4. The molecule has 7 nitrogen and oxygen atoms in total. The van der Waals surface area contributed by atoms with Crippen molar-refractivity contribution in [1.29, 1.82) is 0 Å². The summed E-state index contributed by atoms with van der Waals surface area (Å²) < 4.78 is 45.6. The van der Waals surface area contributed by atoms with Crippen LogP contribution in [0.3, 0.4) is 0 Å². The Labute approximate surface area is 195 Å². The van der Waals surface area contributed by atoms with Crippen LogP contribution in [-0.4, -0.2) is 60.6 Å². The van der Waals surface area contributed by atoms with Gasteiger partial charge in [0, 0.05) is 31.0 Å². The highest BCUT2D eigenvalue weighted by Gasteiger charge is 2.37. The van der Waals surface area contributed by atoms with E-state index in [9.17, 15) is 23.1 Å². The lowest BCUT2D eigenvalue weighted by Gasteiger charge is -2.42. The quantitative estimate of drug-likeness (QED) is 0.591. The molecule has 0 aromatic heterocycles. The van der Waals surface area contributed by atoms with Crippen molar-refractivity contribution in [1.82, 2.24) is 5.32 Å². The molecule has 3 N–H and O–H groups in total. The Hall–Kier alpha value is -2.98. The number of aliphatic hydroxyl groups is 2. The van der Waals surface area contributed by atoms with Crippen molar-refractivity contribution in [2.45, 2.75) is 31.7 Å². The Kier molecular flexibility index (Phi) is 6.39. The van der Waals surface area contributed by atoms with Gasteiger partial charge in [0.2, 0.25) is 5.91 Å². The van der Waals surface area contributed by atoms with E-state index in [2.05, 4.69) is 5.32 Å². The van der Waals surface area contributed by atoms with E-state index in [1.807, 2.05) is 47.9 Å². The van der Waals surface area contributed by atoms with E-state index in [4.69, 9.17) is 9.84 Å². The van der Waals surface area contributed by atoms with Crippen LogP contribution in [-0.2, 0) is 11.0 Å². The van der Waals surface area contributed by atoms with Crippen LogP contribution in [0.2, 0.25) is 0 Å². The third-order valence-electron chi connectivity index (χ3n) is 5.98. The highest BCUT2D eigenvalue weighted by Crippen LogP contribution is 2.44. The lowest BCUT2D eigenvalue weighted by molar-refractivity contribution is -0.137. The van der Waals surface area contributed by atoms with Crippen LogP contribution in [0, 0.1) is 5.92 Å². The van der Waals surface area contributed by atoms with E-state index in [1.54, 1.807) is 0 Å². The van der Waals surface area contributed by atoms with Gasteiger partial charge in [-0.1, -0.05) is 6.07 Å². The van der Waals surface area contributed by atoms with Gasteiger partial charge in [0.1, 0.15) is 11.4 Å². The smallest absolute Gasteiger partial charge is 0.416 e. The number of alkyl halides is 3. The van der Waals surface area contributed by atoms with Gasteiger partial charge in [-0.2, -0.15) is 13.2 Å². The third kappa shape index (κ3) is 5.07. The van der Waals surface area contributed by atoms with Crippen molar-refractivity contribution in [2.24, 2.45) is 5.92 Å². The maximum atomic E-state index is 13.2. The summed E-state index contributed by atoms with van der Waals surface area (Å²) in [6.07, 6.45) is -5.44. The molecule has 1 fully saturated rings. The van der Waals surface area contributed by atoms with Gasteiger partial charge in [-0.25, -0.2) is 0 Å². The molecule has 1 atom stereocenters. The van der Waals surface area contributed by atoms with Crippen LogP contribution >= 0.6 is 0 Å². The van der Waals surface area contributed by atoms with E-state index >= 15 is 0 Å². The SMILES string of the molecule is CC1(C)CN(c2cccc(N3CC(C(=O)NCC(O)CO)C3)c2)c2ccc(C(F)(F)F)cc2O1.